The maximum Gasteiger partial charge on any atom is 0.251 e. The molecule has 1 aromatic carbocycles. The van der Waals surface area contributed by atoms with Crippen LogP contribution in [-0.4, -0.2) is 49.7 Å². The zero-order chi connectivity index (χ0) is 16.8. The number of hydrogen-bond acceptors (Lipinski definition) is 3. The molecule has 2 heterocycles. The van der Waals surface area contributed by atoms with E-state index in [1.54, 1.807) is 0 Å². The first-order valence-electron chi connectivity index (χ1n) is 9.45. The second kappa shape index (κ2) is 8.63. The Labute approximate surface area is 145 Å². The van der Waals surface area contributed by atoms with Gasteiger partial charge in [0.25, 0.3) is 5.91 Å². The number of ether oxygens (including phenoxy) is 1. The number of benzene rings is 1. The van der Waals surface area contributed by atoms with Crippen LogP contribution in [-0.2, 0) is 11.2 Å². The number of hydrogen-bond donors (Lipinski definition) is 1. The van der Waals surface area contributed by atoms with E-state index in [-0.39, 0.29) is 5.91 Å². The molecule has 2 saturated heterocycles. The number of likely N-dealkylation sites (tertiary alicyclic amines) is 1. The van der Waals surface area contributed by atoms with Gasteiger partial charge in [-0.05, 0) is 68.8 Å². The van der Waals surface area contributed by atoms with Gasteiger partial charge in [0.1, 0.15) is 0 Å². The van der Waals surface area contributed by atoms with Crippen molar-refractivity contribution >= 4 is 5.91 Å². The van der Waals surface area contributed by atoms with Crippen LogP contribution in [0.5, 0.6) is 0 Å². The molecule has 1 aromatic rings. The SMILES string of the molecule is CCc1ccc(C(=O)NCC2CCN(C3CCOCC3)CC2)cc1. The quantitative estimate of drug-likeness (QED) is 0.902. The van der Waals surface area contributed by atoms with Gasteiger partial charge < -0.3 is 15.0 Å². The molecule has 3 rings (SSSR count). The monoisotopic (exact) mass is 330 g/mol. The second-order valence-corrected chi connectivity index (χ2v) is 7.08. The number of nitrogens with one attached hydrogen (secondary N) is 1. The van der Waals surface area contributed by atoms with Gasteiger partial charge in [0.15, 0.2) is 0 Å². The third-order valence-corrected chi connectivity index (χ3v) is 5.53. The number of nitrogens with zero attached hydrogens (tertiary/aromatic N) is 1. The van der Waals surface area contributed by atoms with E-state index in [4.69, 9.17) is 4.74 Å². The van der Waals surface area contributed by atoms with Crippen molar-refractivity contribution in [1.29, 1.82) is 0 Å². The number of carbonyl (C=O) groups is 1. The Hall–Kier alpha value is -1.39. The summed E-state index contributed by atoms with van der Waals surface area (Å²) in [6.45, 7) is 7.08. The predicted octanol–water partition coefficient (Wildman–Crippen LogP) is 2.87. The molecule has 4 nitrogen and oxygen atoms in total. The molecule has 0 bridgehead atoms. The van der Waals surface area contributed by atoms with Gasteiger partial charge >= 0.3 is 0 Å². The summed E-state index contributed by atoms with van der Waals surface area (Å²) < 4.78 is 5.46. The average molecular weight is 330 g/mol. The van der Waals surface area contributed by atoms with Gasteiger partial charge in [0.05, 0.1) is 0 Å². The fourth-order valence-corrected chi connectivity index (χ4v) is 3.80. The minimum absolute atomic E-state index is 0.0597. The van der Waals surface area contributed by atoms with Crippen molar-refractivity contribution < 1.29 is 9.53 Å². The summed E-state index contributed by atoms with van der Waals surface area (Å²) in [4.78, 5) is 14.9. The first-order chi connectivity index (χ1) is 11.8. The summed E-state index contributed by atoms with van der Waals surface area (Å²) in [5.41, 5.74) is 2.04. The van der Waals surface area contributed by atoms with Crippen molar-refractivity contribution in [2.45, 2.75) is 45.1 Å². The molecule has 0 spiro atoms. The predicted molar refractivity (Wildman–Crippen MR) is 96.3 cm³/mol. The van der Waals surface area contributed by atoms with Crippen molar-refractivity contribution in [3.05, 3.63) is 35.4 Å². The lowest BCUT2D eigenvalue weighted by Crippen LogP contribution is -2.45. The van der Waals surface area contributed by atoms with Crippen molar-refractivity contribution in [3.63, 3.8) is 0 Å². The van der Waals surface area contributed by atoms with E-state index < -0.39 is 0 Å². The number of amides is 1. The minimum atomic E-state index is 0.0597. The Morgan fingerprint density at radius 2 is 1.79 bits per heavy atom. The van der Waals surface area contributed by atoms with Crippen molar-refractivity contribution in [2.75, 3.05) is 32.8 Å². The lowest BCUT2D eigenvalue weighted by molar-refractivity contribution is 0.0211. The lowest BCUT2D eigenvalue weighted by atomic mass is 9.94. The summed E-state index contributed by atoms with van der Waals surface area (Å²) in [7, 11) is 0. The lowest BCUT2D eigenvalue weighted by Gasteiger charge is -2.39. The Kier molecular flexibility index (Phi) is 6.27. The molecule has 0 saturated carbocycles. The van der Waals surface area contributed by atoms with Gasteiger partial charge in [-0.1, -0.05) is 19.1 Å². The second-order valence-electron chi connectivity index (χ2n) is 7.08. The molecule has 1 amide bonds. The fraction of sp³-hybridized carbons (Fsp3) is 0.650. The van der Waals surface area contributed by atoms with Crippen LogP contribution >= 0.6 is 0 Å². The van der Waals surface area contributed by atoms with Crippen molar-refractivity contribution in [1.82, 2.24) is 10.2 Å². The van der Waals surface area contributed by atoms with E-state index in [1.807, 2.05) is 24.3 Å². The molecule has 2 aliphatic heterocycles. The first kappa shape index (κ1) is 17.4. The zero-order valence-electron chi connectivity index (χ0n) is 14.8. The number of aryl methyl sites for hydroxylation is 1. The van der Waals surface area contributed by atoms with Crippen molar-refractivity contribution in [2.24, 2.45) is 5.92 Å². The van der Waals surface area contributed by atoms with E-state index in [1.165, 1.54) is 31.2 Å². The molecule has 4 heteroatoms. The molecule has 2 fully saturated rings. The summed E-state index contributed by atoms with van der Waals surface area (Å²) >= 11 is 0. The van der Waals surface area contributed by atoms with Gasteiger partial charge in [-0.25, -0.2) is 0 Å². The number of rotatable bonds is 5. The maximum atomic E-state index is 12.3. The molecular weight excluding hydrogens is 300 g/mol. The van der Waals surface area contributed by atoms with E-state index in [2.05, 4.69) is 17.1 Å². The van der Waals surface area contributed by atoms with Crippen LogP contribution in [0.1, 0.15) is 48.5 Å². The van der Waals surface area contributed by atoms with Crippen LogP contribution in [0.25, 0.3) is 0 Å². The molecule has 0 unspecified atom stereocenters. The highest BCUT2D eigenvalue weighted by molar-refractivity contribution is 5.94. The smallest absolute Gasteiger partial charge is 0.251 e. The molecule has 132 valence electrons. The van der Waals surface area contributed by atoms with Gasteiger partial charge in [-0.3, -0.25) is 4.79 Å². The fourth-order valence-electron chi connectivity index (χ4n) is 3.80. The zero-order valence-corrected chi connectivity index (χ0v) is 14.8. The van der Waals surface area contributed by atoms with E-state index in [9.17, 15) is 4.79 Å². The molecule has 0 aliphatic carbocycles. The highest BCUT2D eigenvalue weighted by atomic mass is 16.5. The highest BCUT2D eigenvalue weighted by Gasteiger charge is 2.26. The molecule has 2 aliphatic rings. The van der Waals surface area contributed by atoms with Crippen molar-refractivity contribution in [3.8, 4) is 0 Å². The minimum Gasteiger partial charge on any atom is -0.381 e. The van der Waals surface area contributed by atoms with Crippen LogP contribution in [0.4, 0.5) is 0 Å². The first-order valence-corrected chi connectivity index (χ1v) is 9.45. The normalized spacial score (nSPS) is 20.9. The third kappa shape index (κ3) is 4.58. The molecule has 0 aromatic heterocycles. The largest absolute Gasteiger partial charge is 0.381 e. The summed E-state index contributed by atoms with van der Waals surface area (Å²) in [5, 5.41) is 3.12. The number of piperidine rings is 1. The Morgan fingerprint density at radius 3 is 2.42 bits per heavy atom. The van der Waals surface area contributed by atoms with Crippen LogP contribution in [0.3, 0.4) is 0 Å². The Balaban J connectivity index is 1.40. The van der Waals surface area contributed by atoms with E-state index in [0.717, 1.165) is 44.8 Å². The van der Waals surface area contributed by atoms with Crippen LogP contribution in [0, 0.1) is 5.92 Å². The van der Waals surface area contributed by atoms with Gasteiger partial charge in [0, 0.05) is 31.4 Å². The molecule has 24 heavy (non-hydrogen) atoms. The topological polar surface area (TPSA) is 41.6 Å². The van der Waals surface area contributed by atoms with Crippen LogP contribution in [0.15, 0.2) is 24.3 Å². The van der Waals surface area contributed by atoms with Crippen LogP contribution < -0.4 is 5.32 Å². The summed E-state index contributed by atoms with van der Waals surface area (Å²) in [6.07, 6.45) is 5.73. The maximum absolute atomic E-state index is 12.3. The van der Waals surface area contributed by atoms with Crippen LogP contribution in [0.2, 0.25) is 0 Å². The van der Waals surface area contributed by atoms with Gasteiger partial charge in [-0.15, -0.1) is 0 Å². The van der Waals surface area contributed by atoms with Gasteiger partial charge in [-0.2, -0.15) is 0 Å². The summed E-state index contributed by atoms with van der Waals surface area (Å²) in [5.74, 6) is 0.671. The number of carbonyl (C=O) groups excluding carboxylic acids is 1. The van der Waals surface area contributed by atoms with E-state index >= 15 is 0 Å². The molecular formula is C20H30N2O2. The Bertz CT molecular complexity index is 515. The Morgan fingerprint density at radius 1 is 1.12 bits per heavy atom. The summed E-state index contributed by atoms with van der Waals surface area (Å²) in [6, 6.07) is 8.67. The standard InChI is InChI=1S/C20H30N2O2/c1-2-16-3-5-18(6-4-16)20(23)21-15-17-7-11-22(12-8-17)19-9-13-24-14-10-19/h3-6,17,19H,2,7-15H2,1H3,(H,21,23). The van der Waals surface area contributed by atoms with E-state index in [0.29, 0.717) is 12.0 Å². The third-order valence-electron chi connectivity index (χ3n) is 5.53. The molecule has 1 N–H and O–H groups in total. The van der Waals surface area contributed by atoms with Gasteiger partial charge in [0.2, 0.25) is 0 Å². The molecule has 0 atom stereocenters. The molecule has 0 radical (unpaired) electrons. The average Bonchev–Trinajstić information content (AvgIpc) is 2.67. The highest BCUT2D eigenvalue weighted by Crippen LogP contribution is 2.22.